The van der Waals surface area contributed by atoms with Crippen molar-refractivity contribution in [2.75, 3.05) is 6.54 Å². The van der Waals surface area contributed by atoms with Gasteiger partial charge in [0.15, 0.2) is 0 Å². The summed E-state index contributed by atoms with van der Waals surface area (Å²) in [6, 6.07) is -4.15. The molecule has 0 aliphatic carbocycles. The molecule has 0 bridgehead atoms. The van der Waals surface area contributed by atoms with E-state index in [4.69, 9.17) is 11.5 Å². The molecule has 5 unspecified atom stereocenters. The quantitative estimate of drug-likeness (QED) is 0.270. The summed E-state index contributed by atoms with van der Waals surface area (Å²) in [4.78, 5) is 62.5. The number of carbonyl (C=O) groups is 5. The first-order valence-electron chi connectivity index (χ1n) is 10.6. The van der Waals surface area contributed by atoms with Gasteiger partial charge in [-0.1, -0.05) is 34.1 Å². The van der Waals surface area contributed by atoms with Crippen LogP contribution in [0.15, 0.2) is 0 Å². The Morgan fingerprint density at radius 2 is 1.71 bits per heavy atom. The van der Waals surface area contributed by atoms with E-state index in [-0.39, 0.29) is 18.4 Å². The second-order valence-corrected chi connectivity index (χ2v) is 8.40. The predicted molar refractivity (Wildman–Crippen MR) is 112 cm³/mol. The summed E-state index contributed by atoms with van der Waals surface area (Å²) in [5.41, 5.74) is 11.0. The molecule has 1 aliphatic rings. The van der Waals surface area contributed by atoms with Gasteiger partial charge in [0.1, 0.15) is 18.1 Å². The van der Waals surface area contributed by atoms with Gasteiger partial charge in [0.25, 0.3) is 0 Å². The Hall–Kier alpha value is -2.69. The van der Waals surface area contributed by atoms with Crippen molar-refractivity contribution in [1.29, 1.82) is 0 Å². The van der Waals surface area contributed by atoms with Crippen LogP contribution in [0, 0.1) is 11.8 Å². The van der Waals surface area contributed by atoms with Crippen molar-refractivity contribution >= 4 is 29.6 Å². The SMILES string of the molecule is CCC(C)C(NC(=O)C(CC(N)=O)NC(=O)C(N)C(C)C)C(=O)N1CCCC1C(=O)O. The largest absolute Gasteiger partial charge is 0.480 e. The zero-order valence-electron chi connectivity index (χ0n) is 18.6. The number of likely N-dealkylation sites (tertiary alicyclic amines) is 1. The molecule has 0 aromatic carbocycles. The van der Waals surface area contributed by atoms with Gasteiger partial charge in [-0.3, -0.25) is 19.2 Å². The van der Waals surface area contributed by atoms with Crippen molar-refractivity contribution in [2.24, 2.45) is 23.3 Å². The number of rotatable bonds is 11. The molecule has 1 rings (SSSR count). The Bertz CT molecular complexity index is 698. The van der Waals surface area contributed by atoms with Crippen molar-refractivity contribution in [1.82, 2.24) is 15.5 Å². The molecule has 0 aromatic heterocycles. The number of amides is 4. The lowest BCUT2D eigenvalue weighted by molar-refractivity contribution is -0.150. The maximum absolute atomic E-state index is 13.1. The highest BCUT2D eigenvalue weighted by atomic mass is 16.4. The molecule has 0 aromatic rings. The van der Waals surface area contributed by atoms with E-state index in [1.165, 1.54) is 4.90 Å². The molecule has 1 fully saturated rings. The summed E-state index contributed by atoms with van der Waals surface area (Å²) in [5, 5.41) is 14.4. The zero-order valence-corrected chi connectivity index (χ0v) is 18.6. The molecule has 176 valence electrons. The van der Waals surface area contributed by atoms with Crippen LogP contribution in [-0.2, 0) is 24.0 Å². The average Bonchev–Trinajstić information content (AvgIpc) is 3.19. The van der Waals surface area contributed by atoms with Gasteiger partial charge < -0.3 is 32.1 Å². The van der Waals surface area contributed by atoms with Gasteiger partial charge in [-0.25, -0.2) is 4.79 Å². The number of carboxylic acids is 1. The first-order valence-corrected chi connectivity index (χ1v) is 10.6. The number of primary amides is 1. The van der Waals surface area contributed by atoms with Crippen LogP contribution in [0.3, 0.4) is 0 Å². The van der Waals surface area contributed by atoms with Crippen LogP contribution in [0.1, 0.15) is 53.4 Å². The lowest BCUT2D eigenvalue weighted by Crippen LogP contribution is -2.59. The summed E-state index contributed by atoms with van der Waals surface area (Å²) >= 11 is 0. The normalized spacial score (nSPS) is 19.9. The fraction of sp³-hybridized carbons (Fsp3) is 0.750. The van der Waals surface area contributed by atoms with Crippen LogP contribution in [0.25, 0.3) is 0 Å². The lowest BCUT2D eigenvalue weighted by Gasteiger charge is -2.31. The molecule has 0 spiro atoms. The predicted octanol–water partition coefficient (Wildman–Crippen LogP) is -1.06. The Kier molecular flexibility index (Phi) is 9.89. The molecule has 0 radical (unpaired) electrons. The van der Waals surface area contributed by atoms with Gasteiger partial charge in [-0.2, -0.15) is 0 Å². The van der Waals surface area contributed by atoms with E-state index in [9.17, 15) is 29.1 Å². The number of nitrogens with one attached hydrogen (secondary N) is 2. The number of hydrogen-bond acceptors (Lipinski definition) is 6. The van der Waals surface area contributed by atoms with Gasteiger partial charge in [0.05, 0.1) is 12.5 Å². The van der Waals surface area contributed by atoms with Crippen molar-refractivity contribution in [3.05, 3.63) is 0 Å². The smallest absolute Gasteiger partial charge is 0.326 e. The minimum atomic E-state index is -1.30. The molecule has 11 nitrogen and oxygen atoms in total. The van der Waals surface area contributed by atoms with Crippen LogP contribution in [0.5, 0.6) is 0 Å². The van der Waals surface area contributed by atoms with E-state index in [1.807, 2.05) is 6.92 Å². The highest BCUT2D eigenvalue weighted by molar-refractivity contribution is 5.96. The number of nitrogens with two attached hydrogens (primary N) is 2. The summed E-state index contributed by atoms with van der Waals surface area (Å²) < 4.78 is 0. The van der Waals surface area contributed by atoms with Crippen molar-refractivity contribution in [3.63, 3.8) is 0 Å². The van der Waals surface area contributed by atoms with E-state index in [0.29, 0.717) is 19.3 Å². The first kappa shape index (κ1) is 26.3. The molecule has 7 N–H and O–H groups in total. The molecule has 11 heteroatoms. The Labute approximate surface area is 182 Å². The number of carboxylic acid groups (broad SMARTS) is 1. The fourth-order valence-corrected chi connectivity index (χ4v) is 3.38. The molecule has 1 aliphatic heterocycles. The zero-order chi connectivity index (χ0) is 23.9. The third-order valence-electron chi connectivity index (χ3n) is 5.66. The molecule has 0 saturated carbocycles. The van der Waals surface area contributed by atoms with E-state index >= 15 is 0 Å². The maximum Gasteiger partial charge on any atom is 0.326 e. The standard InChI is InChI=1S/C20H35N5O6/c1-5-11(4)16(19(29)25-8-6-7-13(25)20(30)31)24-17(27)12(9-14(21)26)23-18(28)15(22)10(2)3/h10-13,15-16H,5-9,22H2,1-4H3,(H2,21,26)(H,23,28)(H,24,27)(H,30,31). The lowest BCUT2D eigenvalue weighted by atomic mass is 9.96. The Morgan fingerprint density at radius 1 is 1.10 bits per heavy atom. The number of nitrogens with zero attached hydrogens (tertiary/aromatic N) is 1. The molecular weight excluding hydrogens is 406 g/mol. The van der Waals surface area contributed by atoms with Crippen molar-refractivity contribution in [2.45, 2.75) is 77.5 Å². The van der Waals surface area contributed by atoms with Crippen LogP contribution in [0.4, 0.5) is 0 Å². The van der Waals surface area contributed by atoms with E-state index in [2.05, 4.69) is 10.6 Å². The van der Waals surface area contributed by atoms with Crippen LogP contribution >= 0.6 is 0 Å². The highest BCUT2D eigenvalue weighted by Crippen LogP contribution is 2.21. The summed E-state index contributed by atoms with van der Waals surface area (Å²) in [7, 11) is 0. The van der Waals surface area contributed by atoms with Crippen LogP contribution in [0.2, 0.25) is 0 Å². The van der Waals surface area contributed by atoms with E-state index < -0.39 is 60.2 Å². The van der Waals surface area contributed by atoms with Gasteiger partial charge in [0.2, 0.25) is 23.6 Å². The summed E-state index contributed by atoms with van der Waals surface area (Å²) in [5.74, 6) is -4.29. The van der Waals surface area contributed by atoms with Crippen molar-refractivity contribution < 1.29 is 29.1 Å². The number of aliphatic carboxylic acids is 1. The first-order chi connectivity index (χ1) is 14.4. The van der Waals surface area contributed by atoms with Crippen LogP contribution < -0.4 is 22.1 Å². The van der Waals surface area contributed by atoms with Gasteiger partial charge in [0, 0.05) is 6.54 Å². The molecule has 31 heavy (non-hydrogen) atoms. The maximum atomic E-state index is 13.1. The fourth-order valence-electron chi connectivity index (χ4n) is 3.38. The minimum Gasteiger partial charge on any atom is -0.480 e. The van der Waals surface area contributed by atoms with Gasteiger partial charge >= 0.3 is 5.97 Å². The average molecular weight is 442 g/mol. The molecule has 4 amide bonds. The van der Waals surface area contributed by atoms with Crippen LogP contribution in [-0.4, -0.2) is 70.3 Å². The van der Waals surface area contributed by atoms with E-state index in [1.54, 1.807) is 20.8 Å². The van der Waals surface area contributed by atoms with Gasteiger partial charge in [-0.05, 0) is 24.7 Å². The summed E-state index contributed by atoms with van der Waals surface area (Å²) in [6.45, 7) is 7.34. The second-order valence-electron chi connectivity index (χ2n) is 8.40. The van der Waals surface area contributed by atoms with Crippen molar-refractivity contribution in [3.8, 4) is 0 Å². The Balaban J connectivity index is 3.05. The molecular formula is C20H35N5O6. The van der Waals surface area contributed by atoms with Gasteiger partial charge in [-0.15, -0.1) is 0 Å². The minimum absolute atomic E-state index is 0.199. The number of carbonyl (C=O) groups excluding carboxylic acids is 4. The molecule has 1 saturated heterocycles. The van der Waals surface area contributed by atoms with E-state index in [0.717, 1.165) is 0 Å². The molecule has 5 atom stereocenters. The summed E-state index contributed by atoms with van der Waals surface area (Å²) in [6.07, 6.45) is 0.964. The Morgan fingerprint density at radius 3 is 2.19 bits per heavy atom. The molecule has 1 heterocycles. The third kappa shape index (κ3) is 7.20. The number of hydrogen-bond donors (Lipinski definition) is 5. The second kappa shape index (κ2) is 11.6. The monoisotopic (exact) mass is 441 g/mol. The third-order valence-corrected chi connectivity index (χ3v) is 5.66. The topological polar surface area (TPSA) is 185 Å². The highest BCUT2D eigenvalue weighted by Gasteiger charge is 2.40.